The zero-order chi connectivity index (χ0) is 23.9. The highest BCUT2D eigenvalue weighted by atomic mass is 35.5. The number of hydrogen-bond donors (Lipinski definition) is 1. The van der Waals surface area contributed by atoms with Gasteiger partial charge in [-0.2, -0.15) is 5.10 Å². The van der Waals surface area contributed by atoms with Gasteiger partial charge in [-0.1, -0.05) is 23.7 Å². The van der Waals surface area contributed by atoms with Crippen molar-refractivity contribution in [3.63, 3.8) is 0 Å². The lowest BCUT2D eigenvalue weighted by Crippen LogP contribution is -2.36. The first kappa shape index (κ1) is 22.0. The standard InChI is InChI=1S/C26H26ClN7O/c1-28-25(32-29-2)19-14-17(33-10-12-35-13-11-33)15-22-24(19)31-26(16-6-7-16)34(22)21-8-9-30-23-18(21)4-3-5-20(23)27/h3-5,8-9,14-16H,2,6-7,10-13H2,1H3,(H,28,32). The maximum atomic E-state index is 6.52. The number of aromatic nitrogens is 3. The largest absolute Gasteiger partial charge is 0.378 e. The van der Waals surface area contributed by atoms with Crippen molar-refractivity contribution in [1.29, 1.82) is 0 Å². The zero-order valence-corrected chi connectivity index (χ0v) is 20.3. The number of aliphatic imine (C=N–C) groups is 1. The average Bonchev–Trinajstić information content (AvgIpc) is 3.67. The van der Waals surface area contributed by atoms with Crippen LogP contribution in [0.3, 0.4) is 0 Å². The first-order valence-electron chi connectivity index (χ1n) is 11.8. The van der Waals surface area contributed by atoms with Gasteiger partial charge in [0, 0.05) is 55.6 Å². The highest BCUT2D eigenvalue weighted by Crippen LogP contribution is 2.44. The third-order valence-electron chi connectivity index (χ3n) is 6.69. The molecule has 9 heteroatoms. The van der Waals surface area contributed by atoms with Crippen molar-refractivity contribution in [2.75, 3.05) is 38.3 Å². The molecule has 8 nitrogen and oxygen atoms in total. The van der Waals surface area contributed by atoms with Crippen LogP contribution in [0.1, 0.15) is 30.1 Å². The number of anilines is 1. The Morgan fingerprint density at radius 2 is 2.00 bits per heavy atom. The number of ether oxygens (including phenoxy) is 1. The van der Waals surface area contributed by atoms with Crippen molar-refractivity contribution < 1.29 is 4.74 Å². The van der Waals surface area contributed by atoms with Gasteiger partial charge in [-0.15, -0.1) is 0 Å². The molecule has 2 aliphatic rings. The van der Waals surface area contributed by atoms with Gasteiger partial charge in [-0.3, -0.25) is 20.0 Å². The number of hydrazone groups is 1. The minimum atomic E-state index is 0.414. The van der Waals surface area contributed by atoms with Crippen molar-refractivity contribution in [2.45, 2.75) is 18.8 Å². The molecule has 1 aliphatic carbocycles. The third-order valence-corrected chi connectivity index (χ3v) is 7.00. The van der Waals surface area contributed by atoms with Gasteiger partial charge in [-0.05, 0) is 37.1 Å². The molecule has 0 unspecified atom stereocenters. The molecular weight excluding hydrogens is 462 g/mol. The number of halogens is 1. The molecule has 4 aromatic rings. The lowest BCUT2D eigenvalue weighted by atomic mass is 10.1. The molecule has 1 N–H and O–H groups in total. The molecule has 0 bridgehead atoms. The van der Waals surface area contributed by atoms with Gasteiger partial charge in [0.1, 0.15) is 11.3 Å². The number of fused-ring (bicyclic) bond motifs is 2. The molecule has 1 saturated carbocycles. The van der Waals surface area contributed by atoms with Crippen LogP contribution < -0.4 is 10.3 Å². The molecule has 1 aliphatic heterocycles. The number of pyridine rings is 1. The summed E-state index contributed by atoms with van der Waals surface area (Å²) in [6, 6.07) is 12.3. The summed E-state index contributed by atoms with van der Waals surface area (Å²) in [7, 11) is 1.75. The summed E-state index contributed by atoms with van der Waals surface area (Å²) in [5, 5.41) is 5.53. The smallest absolute Gasteiger partial charge is 0.150 e. The fourth-order valence-electron chi connectivity index (χ4n) is 4.86. The predicted octanol–water partition coefficient (Wildman–Crippen LogP) is 4.52. The first-order chi connectivity index (χ1) is 17.2. The number of rotatable bonds is 5. The van der Waals surface area contributed by atoms with Gasteiger partial charge in [-0.25, -0.2) is 4.98 Å². The number of benzene rings is 2. The summed E-state index contributed by atoms with van der Waals surface area (Å²) >= 11 is 6.52. The number of hydrogen-bond acceptors (Lipinski definition) is 6. The Bertz CT molecular complexity index is 1470. The Kier molecular flexibility index (Phi) is 5.62. The van der Waals surface area contributed by atoms with Crippen molar-refractivity contribution in [3.05, 3.63) is 59.0 Å². The minimum absolute atomic E-state index is 0.414. The van der Waals surface area contributed by atoms with Crippen molar-refractivity contribution in [2.24, 2.45) is 10.1 Å². The Hall–Kier alpha value is -3.49. The number of imidazole rings is 1. The molecule has 0 atom stereocenters. The van der Waals surface area contributed by atoms with Gasteiger partial charge in [0.2, 0.25) is 0 Å². The minimum Gasteiger partial charge on any atom is -0.378 e. The lowest BCUT2D eigenvalue weighted by molar-refractivity contribution is 0.122. The van der Waals surface area contributed by atoms with Crippen LogP contribution in [0.2, 0.25) is 5.02 Å². The molecule has 6 rings (SSSR count). The maximum Gasteiger partial charge on any atom is 0.150 e. The van der Waals surface area contributed by atoms with Gasteiger partial charge >= 0.3 is 0 Å². The Morgan fingerprint density at radius 1 is 1.17 bits per heavy atom. The van der Waals surface area contributed by atoms with Crippen molar-refractivity contribution in [1.82, 2.24) is 20.0 Å². The number of nitrogens with zero attached hydrogens (tertiary/aromatic N) is 6. The molecule has 2 fully saturated rings. The second kappa shape index (κ2) is 8.94. The van der Waals surface area contributed by atoms with Gasteiger partial charge in [0.15, 0.2) is 5.84 Å². The monoisotopic (exact) mass is 487 g/mol. The number of amidine groups is 1. The molecule has 2 aromatic heterocycles. The molecule has 0 radical (unpaired) electrons. The van der Waals surface area contributed by atoms with Crippen LogP contribution in [0.15, 0.2) is 52.7 Å². The molecular formula is C26H26ClN7O. The molecule has 0 amide bonds. The molecule has 1 saturated heterocycles. The second-order valence-corrected chi connectivity index (χ2v) is 9.26. The Balaban J connectivity index is 1.68. The van der Waals surface area contributed by atoms with E-state index in [2.05, 4.69) is 54.9 Å². The summed E-state index contributed by atoms with van der Waals surface area (Å²) in [4.78, 5) is 16.6. The number of para-hydroxylation sites is 1. The van der Waals surface area contributed by atoms with Crippen LogP contribution >= 0.6 is 11.6 Å². The molecule has 35 heavy (non-hydrogen) atoms. The molecule has 178 valence electrons. The molecule has 0 spiro atoms. The summed E-state index contributed by atoms with van der Waals surface area (Å²) in [5.41, 5.74) is 8.68. The van der Waals surface area contributed by atoms with E-state index in [-0.39, 0.29) is 0 Å². The summed E-state index contributed by atoms with van der Waals surface area (Å²) in [5.74, 6) is 2.10. The summed E-state index contributed by atoms with van der Waals surface area (Å²) < 4.78 is 7.89. The van der Waals surface area contributed by atoms with Gasteiger partial charge in [0.25, 0.3) is 0 Å². The predicted molar refractivity (Wildman–Crippen MR) is 142 cm³/mol. The van der Waals surface area contributed by atoms with E-state index < -0.39 is 0 Å². The molecule has 3 heterocycles. The highest BCUT2D eigenvalue weighted by molar-refractivity contribution is 6.35. The van der Waals surface area contributed by atoms with E-state index in [4.69, 9.17) is 21.3 Å². The van der Waals surface area contributed by atoms with E-state index >= 15 is 0 Å². The quantitative estimate of drug-likeness (QED) is 0.254. The van der Waals surface area contributed by atoms with Gasteiger partial charge in [0.05, 0.1) is 35.0 Å². The molecule has 2 aromatic carbocycles. The summed E-state index contributed by atoms with van der Waals surface area (Å²) in [6.07, 6.45) is 4.07. The van der Waals surface area contributed by atoms with E-state index in [1.54, 1.807) is 7.05 Å². The first-order valence-corrected chi connectivity index (χ1v) is 12.2. The Morgan fingerprint density at radius 3 is 2.74 bits per heavy atom. The SMILES string of the molecule is C=NNC(=NC)c1cc(N2CCOCC2)cc2c1nc(C1CC1)n2-c1ccnc2c(Cl)cccc12. The van der Waals surface area contributed by atoms with E-state index in [1.165, 1.54) is 0 Å². The van der Waals surface area contributed by atoms with Crippen LogP contribution in [0.4, 0.5) is 5.69 Å². The normalized spacial score (nSPS) is 16.7. The number of nitrogens with one attached hydrogen (secondary N) is 1. The van der Waals surface area contributed by atoms with Crippen LogP contribution in [0.5, 0.6) is 0 Å². The second-order valence-electron chi connectivity index (χ2n) is 8.85. The maximum absolute atomic E-state index is 6.52. The van der Waals surface area contributed by atoms with E-state index in [0.29, 0.717) is 30.0 Å². The topological polar surface area (TPSA) is 79.9 Å². The van der Waals surface area contributed by atoms with E-state index in [0.717, 1.165) is 70.6 Å². The van der Waals surface area contributed by atoms with Crippen LogP contribution in [-0.2, 0) is 4.74 Å². The van der Waals surface area contributed by atoms with E-state index in [9.17, 15) is 0 Å². The zero-order valence-electron chi connectivity index (χ0n) is 19.5. The van der Waals surface area contributed by atoms with Crippen molar-refractivity contribution in [3.8, 4) is 5.69 Å². The number of morpholine rings is 1. The van der Waals surface area contributed by atoms with Crippen molar-refractivity contribution >= 4 is 51.8 Å². The Labute approximate surface area is 208 Å². The average molecular weight is 488 g/mol. The highest BCUT2D eigenvalue weighted by Gasteiger charge is 2.32. The van der Waals surface area contributed by atoms with Gasteiger partial charge < -0.3 is 9.64 Å². The van der Waals surface area contributed by atoms with Crippen LogP contribution in [0.25, 0.3) is 27.6 Å². The fraction of sp³-hybridized carbons (Fsp3) is 0.308. The third kappa shape index (κ3) is 3.83. The van der Waals surface area contributed by atoms with Crippen LogP contribution in [0, 0.1) is 0 Å². The van der Waals surface area contributed by atoms with E-state index in [1.807, 2.05) is 24.4 Å². The lowest BCUT2D eigenvalue weighted by Gasteiger charge is -2.29. The van der Waals surface area contributed by atoms with Crippen LogP contribution in [-0.4, -0.2) is 60.4 Å². The summed E-state index contributed by atoms with van der Waals surface area (Å²) in [6.45, 7) is 6.66. The fourth-order valence-corrected chi connectivity index (χ4v) is 5.08.